The van der Waals surface area contributed by atoms with Crippen molar-refractivity contribution in [2.24, 2.45) is 0 Å². The Morgan fingerprint density at radius 2 is 1.87 bits per heavy atom. The number of nitrogens with two attached hydrogens (primary N) is 3. The van der Waals surface area contributed by atoms with E-state index in [1.54, 1.807) is 0 Å². The second-order valence-electron chi connectivity index (χ2n) is 3.67. The summed E-state index contributed by atoms with van der Waals surface area (Å²) < 4.78 is 5.50. The molecule has 1 unspecified atom stereocenters. The second kappa shape index (κ2) is 3.90. The number of hydrogen-bond acceptors (Lipinski definition) is 6. The monoisotopic (exact) mass is 209 g/mol. The van der Waals surface area contributed by atoms with Crippen molar-refractivity contribution in [3.05, 3.63) is 5.56 Å². The van der Waals surface area contributed by atoms with Gasteiger partial charge in [-0.2, -0.15) is 9.97 Å². The number of anilines is 3. The quantitative estimate of drug-likeness (QED) is 0.629. The molecule has 6 N–H and O–H groups in total. The van der Waals surface area contributed by atoms with E-state index < -0.39 is 0 Å². The first-order chi connectivity index (χ1) is 7.16. The summed E-state index contributed by atoms with van der Waals surface area (Å²) in [7, 11) is 0. The highest BCUT2D eigenvalue weighted by Crippen LogP contribution is 2.23. The van der Waals surface area contributed by atoms with Gasteiger partial charge in [-0.3, -0.25) is 0 Å². The van der Waals surface area contributed by atoms with E-state index in [4.69, 9.17) is 21.9 Å². The van der Waals surface area contributed by atoms with E-state index in [0.717, 1.165) is 25.0 Å². The van der Waals surface area contributed by atoms with Crippen LogP contribution in [0, 0.1) is 0 Å². The van der Waals surface area contributed by atoms with Crippen molar-refractivity contribution >= 4 is 17.6 Å². The fourth-order valence-corrected chi connectivity index (χ4v) is 1.78. The van der Waals surface area contributed by atoms with Crippen molar-refractivity contribution in [2.75, 3.05) is 23.8 Å². The van der Waals surface area contributed by atoms with Gasteiger partial charge in [-0.1, -0.05) is 0 Å². The van der Waals surface area contributed by atoms with E-state index in [-0.39, 0.29) is 12.1 Å². The van der Waals surface area contributed by atoms with E-state index in [1.165, 1.54) is 0 Å². The highest BCUT2D eigenvalue weighted by atomic mass is 16.5. The molecule has 0 saturated carbocycles. The zero-order chi connectivity index (χ0) is 10.8. The van der Waals surface area contributed by atoms with Crippen LogP contribution in [0.5, 0.6) is 0 Å². The van der Waals surface area contributed by atoms with Gasteiger partial charge in [0.2, 0.25) is 5.95 Å². The molecule has 15 heavy (non-hydrogen) atoms. The molecule has 1 aliphatic rings. The molecular weight excluding hydrogens is 194 g/mol. The third-order valence-electron chi connectivity index (χ3n) is 2.54. The highest BCUT2D eigenvalue weighted by molar-refractivity contribution is 5.55. The highest BCUT2D eigenvalue weighted by Gasteiger charge is 2.19. The Labute approximate surface area is 87.8 Å². The maximum atomic E-state index is 5.73. The molecule has 0 aromatic carbocycles. The van der Waals surface area contributed by atoms with Crippen molar-refractivity contribution < 1.29 is 4.74 Å². The predicted octanol–water partition coefficient (Wildman–Crippen LogP) is -0.0553. The minimum atomic E-state index is 0.112. The lowest BCUT2D eigenvalue weighted by molar-refractivity contribution is 0.111. The molecule has 0 aliphatic carbocycles. The zero-order valence-electron chi connectivity index (χ0n) is 8.44. The lowest BCUT2D eigenvalue weighted by Gasteiger charge is -2.12. The summed E-state index contributed by atoms with van der Waals surface area (Å²) in [5, 5.41) is 0. The maximum absolute atomic E-state index is 5.73. The number of rotatable bonds is 2. The van der Waals surface area contributed by atoms with Crippen LogP contribution in [0.1, 0.15) is 18.4 Å². The van der Waals surface area contributed by atoms with Crippen LogP contribution >= 0.6 is 0 Å². The van der Waals surface area contributed by atoms with Crippen LogP contribution in [0.2, 0.25) is 0 Å². The molecule has 2 heterocycles. The Kier molecular flexibility index (Phi) is 2.59. The molecule has 1 aromatic heterocycles. The number of nitrogen functional groups attached to an aromatic ring is 3. The van der Waals surface area contributed by atoms with Crippen LogP contribution in [0.25, 0.3) is 0 Å². The SMILES string of the molecule is Nc1nc(N)c(CC2CCCO2)c(N)n1. The predicted molar refractivity (Wildman–Crippen MR) is 57.9 cm³/mol. The molecular formula is C9H15N5O. The van der Waals surface area contributed by atoms with Gasteiger partial charge in [0.1, 0.15) is 11.6 Å². The average Bonchev–Trinajstić information content (AvgIpc) is 2.63. The minimum absolute atomic E-state index is 0.112. The van der Waals surface area contributed by atoms with Gasteiger partial charge in [-0.25, -0.2) is 0 Å². The fraction of sp³-hybridized carbons (Fsp3) is 0.556. The molecule has 0 spiro atoms. The summed E-state index contributed by atoms with van der Waals surface area (Å²) in [5.41, 5.74) is 17.6. The van der Waals surface area contributed by atoms with Gasteiger partial charge in [0, 0.05) is 18.6 Å². The Balaban J connectivity index is 2.19. The molecule has 0 bridgehead atoms. The molecule has 0 radical (unpaired) electrons. The van der Waals surface area contributed by atoms with Crippen LogP contribution in [-0.4, -0.2) is 22.7 Å². The first kappa shape index (κ1) is 9.97. The van der Waals surface area contributed by atoms with Crippen molar-refractivity contribution in [3.63, 3.8) is 0 Å². The lowest BCUT2D eigenvalue weighted by Crippen LogP contribution is -2.15. The van der Waals surface area contributed by atoms with Crippen molar-refractivity contribution in [1.82, 2.24) is 9.97 Å². The molecule has 0 amide bonds. The summed E-state index contributed by atoms with van der Waals surface area (Å²) in [5.74, 6) is 0.826. The van der Waals surface area contributed by atoms with Gasteiger partial charge in [0.15, 0.2) is 0 Å². The van der Waals surface area contributed by atoms with Gasteiger partial charge in [0.25, 0.3) is 0 Å². The Hall–Kier alpha value is -1.56. The van der Waals surface area contributed by atoms with E-state index in [0.29, 0.717) is 18.1 Å². The third kappa shape index (κ3) is 2.10. The van der Waals surface area contributed by atoms with Crippen molar-refractivity contribution in [2.45, 2.75) is 25.4 Å². The van der Waals surface area contributed by atoms with Crippen LogP contribution in [-0.2, 0) is 11.2 Å². The summed E-state index contributed by atoms with van der Waals surface area (Å²) in [6.45, 7) is 0.806. The second-order valence-corrected chi connectivity index (χ2v) is 3.67. The smallest absolute Gasteiger partial charge is 0.223 e. The largest absolute Gasteiger partial charge is 0.383 e. The van der Waals surface area contributed by atoms with E-state index in [9.17, 15) is 0 Å². The van der Waals surface area contributed by atoms with Crippen LogP contribution in [0.4, 0.5) is 17.6 Å². The Bertz CT molecular complexity index is 339. The fourth-order valence-electron chi connectivity index (χ4n) is 1.78. The summed E-state index contributed by atoms with van der Waals surface area (Å²) in [4.78, 5) is 7.77. The number of hydrogen-bond donors (Lipinski definition) is 3. The molecule has 6 nitrogen and oxygen atoms in total. The zero-order valence-corrected chi connectivity index (χ0v) is 8.44. The third-order valence-corrected chi connectivity index (χ3v) is 2.54. The topological polar surface area (TPSA) is 113 Å². The lowest BCUT2D eigenvalue weighted by atomic mass is 10.1. The summed E-state index contributed by atoms with van der Waals surface area (Å²) in [6, 6.07) is 0. The van der Waals surface area contributed by atoms with Gasteiger partial charge < -0.3 is 21.9 Å². The van der Waals surface area contributed by atoms with Gasteiger partial charge >= 0.3 is 0 Å². The van der Waals surface area contributed by atoms with Crippen LogP contribution < -0.4 is 17.2 Å². The molecule has 1 aliphatic heterocycles. The van der Waals surface area contributed by atoms with Gasteiger partial charge in [0.05, 0.1) is 6.10 Å². The standard InChI is InChI=1S/C9H15N5O/c10-7-6(4-5-2-1-3-15-5)8(11)14-9(12)13-7/h5H,1-4H2,(H6,10,11,12,13,14). The number of ether oxygens (including phenoxy) is 1. The van der Waals surface area contributed by atoms with Crippen LogP contribution in [0.3, 0.4) is 0 Å². The molecule has 1 saturated heterocycles. The molecule has 6 heteroatoms. The normalized spacial score (nSPS) is 20.7. The number of nitrogens with zero attached hydrogens (tertiary/aromatic N) is 2. The summed E-state index contributed by atoms with van der Waals surface area (Å²) in [6.07, 6.45) is 2.96. The Morgan fingerprint density at radius 1 is 1.20 bits per heavy atom. The first-order valence-electron chi connectivity index (χ1n) is 4.95. The van der Waals surface area contributed by atoms with E-state index >= 15 is 0 Å². The first-order valence-corrected chi connectivity index (χ1v) is 4.95. The van der Waals surface area contributed by atoms with Crippen molar-refractivity contribution in [3.8, 4) is 0 Å². The van der Waals surface area contributed by atoms with Gasteiger partial charge in [-0.15, -0.1) is 0 Å². The molecule has 1 fully saturated rings. The van der Waals surface area contributed by atoms with E-state index in [1.807, 2.05) is 0 Å². The van der Waals surface area contributed by atoms with E-state index in [2.05, 4.69) is 9.97 Å². The van der Waals surface area contributed by atoms with Crippen LogP contribution in [0.15, 0.2) is 0 Å². The molecule has 1 aromatic rings. The molecule has 2 rings (SSSR count). The van der Waals surface area contributed by atoms with Crippen molar-refractivity contribution in [1.29, 1.82) is 0 Å². The maximum Gasteiger partial charge on any atom is 0.223 e. The molecule has 1 atom stereocenters. The average molecular weight is 209 g/mol. The molecule has 82 valence electrons. The summed E-state index contributed by atoms with van der Waals surface area (Å²) >= 11 is 0. The number of aromatic nitrogens is 2. The Morgan fingerprint density at radius 3 is 2.40 bits per heavy atom. The van der Waals surface area contributed by atoms with Gasteiger partial charge in [-0.05, 0) is 12.8 Å². The minimum Gasteiger partial charge on any atom is -0.383 e.